The SMILES string of the molecule is CCCC/C=C\C/C=C\CCCCCCCC(=O)NC(COC1OC(CO)C(OC2OC(CO)C(OC3OC(CO)C(O)C(O)C3O)C(O)C2O)C(O)C1O)C(O)/C=C/CC/C=C/CC/C=C/CCCCCCCCCCCCCCCCC. The number of carbonyl (C=O) groups excluding carboxylic acids is 1. The van der Waals surface area contributed by atoms with Gasteiger partial charge in [0, 0.05) is 6.42 Å². The number of nitrogens with one attached hydrogen (secondary N) is 1. The van der Waals surface area contributed by atoms with Gasteiger partial charge in [-0.1, -0.05) is 197 Å². The Morgan fingerprint density at radius 2 is 0.810 bits per heavy atom. The summed E-state index contributed by atoms with van der Waals surface area (Å²) in [7, 11) is 0. The Hall–Kier alpha value is -2.51. The van der Waals surface area contributed by atoms with Gasteiger partial charge in [-0.15, -0.1) is 0 Å². The van der Waals surface area contributed by atoms with Gasteiger partial charge in [-0.25, -0.2) is 0 Å². The zero-order valence-electron chi connectivity index (χ0n) is 51.1. The predicted octanol–water partition coefficient (Wildman–Crippen LogP) is 7.21. The Kier molecular flexibility index (Phi) is 42.8. The highest BCUT2D eigenvalue weighted by Crippen LogP contribution is 2.33. The molecule has 19 heteroatoms. The molecule has 84 heavy (non-hydrogen) atoms. The van der Waals surface area contributed by atoms with E-state index in [4.69, 9.17) is 28.4 Å². The van der Waals surface area contributed by atoms with E-state index in [1.165, 1.54) is 109 Å². The maximum absolute atomic E-state index is 13.3. The van der Waals surface area contributed by atoms with Gasteiger partial charge in [-0.2, -0.15) is 0 Å². The number of unbranched alkanes of at least 4 members (excludes halogenated alkanes) is 24. The van der Waals surface area contributed by atoms with Gasteiger partial charge in [0.05, 0.1) is 38.6 Å². The maximum Gasteiger partial charge on any atom is 0.220 e. The summed E-state index contributed by atoms with van der Waals surface area (Å²) in [5, 5.41) is 120. The molecule has 12 N–H and O–H groups in total. The van der Waals surface area contributed by atoms with Crippen molar-refractivity contribution in [2.75, 3.05) is 26.4 Å². The van der Waals surface area contributed by atoms with Crippen LogP contribution < -0.4 is 5.32 Å². The summed E-state index contributed by atoms with van der Waals surface area (Å²) in [6.07, 6.45) is 29.2. The molecule has 0 radical (unpaired) electrons. The lowest BCUT2D eigenvalue weighted by Crippen LogP contribution is -2.66. The number of carbonyl (C=O) groups is 1. The van der Waals surface area contributed by atoms with Gasteiger partial charge < -0.3 is 89.9 Å². The minimum Gasteiger partial charge on any atom is -0.394 e. The zero-order valence-corrected chi connectivity index (χ0v) is 51.1. The second-order valence-electron chi connectivity index (χ2n) is 23.2. The molecular formula is C65H115NO18. The molecule has 0 bridgehead atoms. The number of aliphatic hydroxyl groups excluding tert-OH is 11. The molecule has 17 unspecified atom stereocenters. The second-order valence-corrected chi connectivity index (χ2v) is 23.2. The van der Waals surface area contributed by atoms with Crippen molar-refractivity contribution >= 4 is 5.91 Å². The van der Waals surface area contributed by atoms with Crippen LogP contribution in [0.15, 0.2) is 60.8 Å². The lowest BCUT2D eigenvalue weighted by Gasteiger charge is -2.48. The standard InChI is InChI=1S/C65H115NO18/c1-3-5-7-9-11-13-15-17-19-20-21-22-23-24-25-26-27-28-29-30-32-34-36-38-40-42-49(70)48(66-53(71)43-41-39-37-35-33-31-18-16-14-12-10-8-6-4-2)47-79-63-59(77)56(74)61(51(45-68)81-63)84-65-60(78)57(75)62(52(46-69)82-65)83-64-58(76)55(73)54(72)50(44-67)80-64/h10,12,16,18,27-28,32,34,40,42,48-52,54-65,67-70,72-78H,3-9,11,13-15,17,19-26,29-31,33,35-39,41,43-47H2,1-2H3,(H,66,71)/b12-10-,18-16-,28-27+,34-32+,42-40+. The first kappa shape index (κ1) is 75.7. The third-order valence-corrected chi connectivity index (χ3v) is 16.0. The quantitative estimate of drug-likeness (QED) is 0.0211. The van der Waals surface area contributed by atoms with Crippen LogP contribution in [0.1, 0.15) is 213 Å². The third-order valence-electron chi connectivity index (χ3n) is 16.0. The Bertz CT molecular complexity index is 1770. The number of ether oxygens (including phenoxy) is 6. The van der Waals surface area contributed by atoms with E-state index < -0.39 is 124 Å². The predicted molar refractivity (Wildman–Crippen MR) is 323 cm³/mol. The summed E-state index contributed by atoms with van der Waals surface area (Å²) in [4.78, 5) is 13.3. The molecule has 3 heterocycles. The van der Waals surface area contributed by atoms with Crippen molar-refractivity contribution < 1.29 is 89.4 Å². The average molecular weight is 1200 g/mol. The molecule has 0 aromatic rings. The van der Waals surface area contributed by atoms with Crippen LogP contribution in [0.5, 0.6) is 0 Å². The second kappa shape index (κ2) is 47.5. The number of rotatable bonds is 48. The van der Waals surface area contributed by atoms with Crippen molar-refractivity contribution in [2.45, 2.75) is 317 Å². The lowest BCUT2D eigenvalue weighted by atomic mass is 9.96. The molecule has 3 rings (SSSR count). The molecule has 17 atom stereocenters. The number of hydrogen-bond acceptors (Lipinski definition) is 18. The molecule has 1 amide bonds. The van der Waals surface area contributed by atoms with E-state index in [0.717, 1.165) is 70.6 Å². The molecule has 0 saturated carbocycles. The smallest absolute Gasteiger partial charge is 0.220 e. The Morgan fingerprint density at radius 3 is 1.30 bits per heavy atom. The summed E-state index contributed by atoms with van der Waals surface area (Å²) in [5.74, 6) is -0.306. The zero-order chi connectivity index (χ0) is 61.2. The van der Waals surface area contributed by atoms with Gasteiger partial charge in [0.25, 0.3) is 0 Å². The van der Waals surface area contributed by atoms with Crippen LogP contribution in [0.3, 0.4) is 0 Å². The molecule has 0 aliphatic carbocycles. The van der Waals surface area contributed by atoms with Crippen molar-refractivity contribution in [2.24, 2.45) is 0 Å². The summed E-state index contributed by atoms with van der Waals surface area (Å²) in [5.41, 5.74) is 0. The summed E-state index contributed by atoms with van der Waals surface area (Å²) >= 11 is 0. The van der Waals surface area contributed by atoms with Gasteiger partial charge in [0.15, 0.2) is 18.9 Å². The van der Waals surface area contributed by atoms with Gasteiger partial charge in [0.1, 0.15) is 73.2 Å². The number of hydrogen-bond donors (Lipinski definition) is 12. The molecule has 3 aliphatic rings. The van der Waals surface area contributed by atoms with Gasteiger partial charge >= 0.3 is 0 Å². The maximum atomic E-state index is 13.3. The fourth-order valence-electron chi connectivity index (χ4n) is 10.7. The first-order valence-electron chi connectivity index (χ1n) is 32.5. The minimum atomic E-state index is -1.99. The molecule has 3 fully saturated rings. The summed E-state index contributed by atoms with van der Waals surface area (Å²) in [6, 6.07) is -1.01. The fourth-order valence-corrected chi connectivity index (χ4v) is 10.7. The van der Waals surface area contributed by atoms with Crippen molar-refractivity contribution in [3.8, 4) is 0 Å². The number of allylic oxidation sites excluding steroid dienone is 9. The van der Waals surface area contributed by atoms with Crippen LogP contribution in [0, 0.1) is 0 Å². The van der Waals surface area contributed by atoms with E-state index in [0.29, 0.717) is 12.8 Å². The number of aliphatic hydroxyl groups is 11. The molecular weight excluding hydrogens is 1080 g/mol. The highest BCUT2D eigenvalue weighted by Gasteiger charge is 2.53. The van der Waals surface area contributed by atoms with Crippen LogP contribution in [0.25, 0.3) is 0 Å². The molecule has 3 aliphatic heterocycles. The fraction of sp³-hybridized carbons (Fsp3) is 0.831. The van der Waals surface area contributed by atoms with Crippen LogP contribution in [-0.4, -0.2) is 193 Å². The van der Waals surface area contributed by atoms with Crippen molar-refractivity contribution in [3.63, 3.8) is 0 Å². The summed E-state index contributed by atoms with van der Waals surface area (Å²) < 4.78 is 34.2. The van der Waals surface area contributed by atoms with Gasteiger partial charge in [0.2, 0.25) is 5.91 Å². The van der Waals surface area contributed by atoms with Gasteiger partial charge in [-0.05, 0) is 70.6 Å². The Morgan fingerprint density at radius 1 is 0.429 bits per heavy atom. The van der Waals surface area contributed by atoms with Crippen molar-refractivity contribution in [3.05, 3.63) is 60.8 Å². The van der Waals surface area contributed by atoms with E-state index in [9.17, 15) is 61.0 Å². The van der Waals surface area contributed by atoms with Crippen LogP contribution in [-0.2, 0) is 33.2 Å². The highest BCUT2D eigenvalue weighted by molar-refractivity contribution is 5.76. The van der Waals surface area contributed by atoms with Crippen molar-refractivity contribution in [1.29, 1.82) is 0 Å². The minimum absolute atomic E-state index is 0.213. The summed E-state index contributed by atoms with van der Waals surface area (Å²) in [6.45, 7) is 1.64. The first-order chi connectivity index (χ1) is 40.8. The first-order valence-corrected chi connectivity index (χ1v) is 32.5. The Labute approximate surface area is 503 Å². The van der Waals surface area contributed by atoms with Gasteiger partial charge in [-0.3, -0.25) is 4.79 Å². The lowest BCUT2D eigenvalue weighted by molar-refractivity contribution is -0.379. The number of amides is 1. The molecule has 0 aromatic heterocycles. The van der Waals surface area contributed by atoms with Crippen LogP contribution in [0.4, 0.5) is 0 Å². The molecule has 0 aromatic carbocycles. The topological polar surface area (TPSA) is 307 Å². The van der Waals surface area contributed by atoms with Crippen LogP contribution in [0.2, 0.25) is 0 Å². The molecule has 0 spiro atoms. The van der Waals surface area contributed by atoms with E-state index in [1.54, 1.807) is 6.08 Å². The van der Waals surface area contributed by atoms with E-state index in [-0.39, 0.29) is 18.9 Å². The third kappa shape index (κ3) is 30.1. The largest absolute Gasteiger partial charge is 0.394 e. The highest BCUT2D eigenvalue weighted by atomic mass is 16.8. The van der Waals surface area contributed by atoms with Crippen molar-refractivity contribution in [1.82, 2.24) is 5.32 Å². The van der Waals surface area contributed by atoms with E-state index in [2.05, 4.69) is 67.8 Å². The van der Waals surface area contributed by atoms with E-state index >= 15 is 0 Å². The normalized spacial score (nSPS) is 29.6. The molecule has 3 saturated heterocycles. The molecule has 488 valence electrons. The van der Waals surface area contributed by atoms with Crippen LogP contribution >= 0.6 is 0 Å². The molecule has 19 nitrogen and oxygen atoms in total. The Balaban J connectivity index is 1.48. The van der Waals surface area contributed by atoms with E-state index in [1.807, 2.05) is 6.08 Å². The average Bonchev–Trinajstić information content (AvgIpc) is 2.80. The monoisotopic (exact) mass is 1200 g/mol.